The number of rotatable bonds is 7. The maximum Gasteiger partial charge on any atom is 0.417 e. The van der Waals surface area contributed by atoms with E-state index in [9.17, 15) is 37.1 Å². The summed E-state index contributed by atoms with van der Waals surface area (Å²) in [7, 11) is 0. The first-order valence-electron chi connectivity index (χ1n) is 19.2. The van der Waals surface area contributed by atoms with E-state index in [2.05, 4.69) is 30.4 Å². The number of carbonyl (C=O) groups excluding carboxylic acids is 5. The molecule has 2 bridgehead atoms. The van der Waals surface area contributed by atoms with Crippen LogP contribution in [0.25, 0.3) is 0 Å². The van der Waals surface area contributed by atoms with Crippen LogP contribution in [0.4, 0.5) is 30.2 Å². The highest BCUT2D eigenvalue weighted by molar-refractivity contribution is 6.23. The number of hydrogen-bond donors (Lipinski definition) is 2. The van der Waals surface area contributed by atoms with Gasteiger partial charge >= 0.3 is 6.18 Å². The molecule has 14 nitrogen and oxygen atoms in total. The Labute approximate surface area is 326 Å². The molecule has 0 spiro atoms. The zero-order valence-corrected chi connectivity index (χ0v) is 31.5. The monoisotopic (exact) mass is 785 g/mol. The van der Waals surface area contributed by atoms with E-state index in [0.29, 0.717) is 18.0 Å². The average molecular weight is 786 g/mol. The quantitative estimate of drug-likeness (QED) is 0.333. The molecule has 5 amide bonds. The molecule has 3 aromatic rings. The third-order valence-corrected chi connectivity index (χ3v) is 12.2. The van der Waals surface area contributed by atoms with Crippen LogP contribution >= 0.6 is 0 Å². The molecule has 0 radical (unpaired) electrons. The van der Waals surface area contributed by atoms with E-state index in [4.69, 9.17) is 5.26 Å². The minimum Gasteiger partial charge on any atom is -0.370 e. The zero-order valence-electron chi connectivity index (χ0n) is 31.5. The first-order valence-corrected chi connectivity index (χ1v) is 19.2. The van der Waals surface area contributed by atoms with Gasteiger partial charge in [-0.1, -0.05) is 0 Å². The molecule has 1 aromatic heterocycles. The third-order valence-electron chi connectivity index (χ3n) is 12.2. The van der Waals surface area contributed by atoms with Gasteiger partial charge in [0.1, 0.15) is 11.6 Å². The molecule has 17 heteroatoms. The van der Waals surface area contributed by atoms with Gasteiger partial charge in [-0.2, -0.15) is 23.5 Å². The molecule has 0 saturated carbocycles. The van der Waals surface area contributed by atoms with E-state index >= 15 is 0 Å². The molecule has 6 aliphatic heterocycles. The van der Waals surface area contributed by atoms with Gasteiger partial charge < -0.3 is 15.1 Å². The van der Waals surface area contributed by atoms with Crippen molar-refractivity contribution in [2.45, 2.75) is 82.2 Å². The number of anilines is 3. The molecular formula is C40H42F3N9O5. The SMILES string of the molecule is CC(C)(C(=O)Nc1ccc(C#N)c(C(F)(F)F)c1)n1cc(N2CCC(N3CC4CCC3CN(c3ccc5c(c3)C(=O)N(C3CCC(=O)NC3=O)C5=O)C4)CC2)cn1. The number of piperidine rings is 3. The van der Waals surface area contributed by atoms with E-state index in [1.165, 1.54) is 10.7 Å². The van der Waals surface area contributed by atoms with Gasteiger partial charge in [-0.25, -0.2) is 0 Å². The number of nitrogens with zero attached hydrogens (tertiary/aromatic N) is 7. The van der Waals surface area contributed by atoms with Crippen molar-refractivity contribution in [1.82, 2.24) is 24.9 Å². The fourth-order valence-electron chi connectivity index (χ4n) is 9.01. The Morgan fingerprint density at radius 1 is 0.877 bits per heavy atom. The van der Waals surface area contributed by atoms with E-state index in [1.807, 2.05) is 6.07 Å². The van der Waals surface area contributed by atoms with Crippen LogP contribution in [0, 0.1) is 17.2 Å². The van der Waals surface area contributed by atoms with E-state index < -0.39 is 58.4 Å². The highest BCUT2D eigenvalue weighted by Gasteiger charge is 2.46. The lowest BCUT2D eigenvalue weighted by Crippen LogP contribution is -2.54. The summed E-state index contributed by atoms with van der Waals surface area (Å²) in [4.78, 5) is 72.5. The molecule has 298 valence electrons. The minimum atomic E-state index is -4.75. The van der Waals surface area contributed by atoms with Crippen LogP contribution < -0.4 is 20.4 Å². The van der Waals surface area contributed by atoms with Crippen molar-refractivity contribution in [3.63, 3.8) is 0 Å². The van der Waals surface area contributed by atoms with Gasteiger partial charge in [0.2, 0.25) is 11.8 Å². The number of aromatic nitrogens is 2. The Bertz CT molecular complexity index is 2210. The van der Waals surface area contributed by atoms with Crippen molar-refractivity contribution in [3.8, 4) is 6.07 Å². The highest BCUT2D eigenvalue weighted by atomic mass is 19.4. The zero-order chi connectivity index (χ0) is 40.4. The second kappa shape index (κ2) is 14.3. The number of benzene rings is 2. The Hall–Kier alpha value is -5.76. The van der Waals surface area contributed by atoms with Gasteiger partial charge in [-0.05, 0) is 88.3 Å². The largest absolute Gasteiger partial charge is 0.417 e. The Morgan fingerprint density at radius 3 is 2.35 bits per heavy atom. The molecule has 0 aliphatic carbocycles. The number of halogens is 3. The van der Waals surface area contributed by atoms with Crippen LogP contribution in [-0.2, 0) is 26.1 Å². The van der Waals surface area contributed by atoms with Gasteiger partial charge in [0.15, 0.2) is 0 Å². The predicted octanol–water partition coefficient (Wildman–Crippen LogP) is 4.12. The van der Waals surface area contributed by atoms with E-state index in [0.717, 1.165) is 86.8 Å². The normalized spacial score (nSPS) is 23.4. The number of hydrogen-bond acceptors (Lipinski definition) is 10. The average Bonchev–Trinajstić information content (AvgIpc) is 3.64. The lowest BCUT2D eigenvalue weighted by atomic mass is 9.91. The van der Waals surface area contributed by atoms with Gasteiger partial charge in [0, 0.05) is 68.8 Å². The van der Waals surface area contributed by atoms with Crippen molar-refractivity contribution in [3.05, 3.63) is 71.0 Å². The maximum absolute atomic E-state index is 13.5. The molecule has 5 saturated heterocycles. The van der Waals surface area contributed by atoms with E-state index in [-0.39, 0.29) is 29.7 Å². The molecule has 9 rings (SSSR count). The third kappa shape index (κ3) is 7.00. The summed E-state index contributed by atoms with van der Waals surface area (Å²) in [5.74, 6) is -2.22. The molecular weight excluding hydrogens is 743 g/mol. The number of nitriles is 1. The Balaban J connectivity index is 0.891. The first kappa shape index (κ1) is 38.1. The molecule has 6 aliphatic rings. The lowest BCUT2D eigenvalue weighted by Gasteiger charge is -2.45. The second-order valence-corrected chi connectivity index (χ2v) is 16.1. The molecule has 5 fully saturated rings. The van der Waals surface area contributed by atoms with Crippen molar-refractivity contribution in [2.24, 2.45) is 5.92 Å². The number of imide groups is 2. The van der Waals surface area contributed by atoms with Gasteiger partial charge in [0.25, 0.3) is 17.7 Å². The molecule has 7 heterocycles. The van der Waals surface area contributed by atoms with Crippen LogP contribution in [0.15, 0.2) is 48.8 Å². The molecule has 57 heavy (non-hydrogen) atoms. The number of fused-ring (bicyclic) bond motifs is 5. The van der Waals surface area contributed by atoms with Crippen LogP contribution in [-0.4, -0.2) is 100.0 Å². The van der Waals surface area contributed by atoms with Crippen LogP contribution in [0.1, 0.15) is 84.2 Å². The van der Waals surface area contributed by atoms with E-state index in [1.54, 1.807) is 44.4 Å². The smallest absolute Gasteiger partial charge is 0.370 e. The fraction of sp³-hybridized carbons (Fsp3) is 0.475. The predicted molar refractivity (Wildman–Crippen MR) is 200 cm³/mol. The van der Waals surface area contributed by atoms with Gasteiger partial charge in [-0.3, -0.25) is 43.8 Å². The van der Waals surface area contributed by atoms with Gasteiger partial charge in [-0.15, -0.1) is 0 Å². The second-order valence-electron chi connectivity index (χ2n) is 16.1. The molecule has 3 atom stereocenters. The van der Waals surface area contributed by atoms with Crippen molar-refractivity contribution in [2.75, 3.05) is 47.8 Å². The van der Waals surface area contributed by atoms with Crippen molar-refractivity contribution >= 4 is 46.6 Å². The first-order chi connectivity index (χ1) is 27.1. The standard InChI is InChI=1S/C40H42F3N9O5/c1-39(2,38(57)46-25-5-4-24(17-44)32(15-25)40(41,42)43)51-22-29(18-45-51)48-13-11-26(12-14-48)50-20-23-3-6-28(50)21-49(19-23)27-7-8-30-31(16-27)37(56)52(36(30)55)33-9-10-34(53)47-35(33)54/h4-5,7-8,15-16,18,22-23,26,28,33H,3,6,9-14,19-21H2,1-2H3,(H,46,57)(H,47,53,54). The molecule has 3 unspecified atom stereocenters. The number of nitrogens with one attached hydrogen (secondary N) is 2. The summed E-state index contributed by atoms with van der Waals surface area (Å²) in [6, 6.07) is 9.60. The number of carbonyl (C=O) groups is 5. The molecule has 2 N–H and O–H groups in total. The minimum absolute atomic E-state index is 0.0646. The Morgan fingerprint density at radius 2 is 1.63 bits per heavy atom. The van der Waals surface area contributed by atoms with Crippen LogP contribution in [0.3, 0.4) is 0 Å². The number of alkyl halides is 3. The lowest BCUT2D eigenvalue weighted by molar-refractivity contribution is -0.138. The van der Waals surface area contributed by atoms with Gasteiger partial charge in [0.05, 0.1) is 40.2 Å². The molecule has 2 aromatic carbocycles. The summed E-state index contributed by atoms with van der Waals surface area (Å²) in [6.07, 6.45) is 2.89. The summed E-state index contributed by atoms with van der Waals surface area (Å²) < 4.78 is 42.0. The highest BCUT2D eigenvalue weighted by Crippen LogP contribution is 2.38. The van der Waals surface area contributed by atoms with Crippen molar-refractivity contribution < 1.29 is 37.1 Å². The van der Waals surface area contributed by atoms with Crippen molar-refractivity contribution in [1.29, 1.82) is 5.26 Å². The van der Waals surface area contributed by atoms with Crippen LogP contribution in [0.5, 0.6) is 0 Å². The summed E-state index contributed by atoms with van der Waals surface area (Å²) in [6.45, 7) is 7.37. The Kier molecular flexibility index (Phi) is 9.58. The summed E-state index contributed by atoms with van der Waals surface area (Å²) in [5.41, 5.74) is -0.703. The van der Waals surface area contributed by atoms with Crippen LogP contribution in [0.2, 0.25) is 0 Å². The summed E-state index contributed by atoms with van der Waals surface area (Å²) in [5, 5.41) is 18.4. The maximum atomic E-state index is 13.5. The number of amides is 5. The topological polar surface area (TPSA) is 164 Å². The summed E-state index contributed by atoms with van der Waals surface area (Å²) >= 11 is 0. The fourth-order valence-corrected chi connectivity index (χ4v) is 9.01.